The maximum Gasteiger partial charge on any atom is 0.254 e. The molecular weight excluding hydrogens is 378 g/mol. The summed E-state index contributed by atoms with van der Waals surface area (Å²) in [6.07, 6.45) is 0. The van der Waals surface area contributed by atoms with Gasteiger partial charge in [-0.1, -0.05) is 35.9 Å². The summed E-state index contributed by atoms with van der Waals surface area (Å²) in [6.45, 7) is 6.15. The van der Waals surface area contributed by atoms with Crippen LogP contribution in [0, 0.1) is 13.8 Å². The Bertz CT molecular complexity index is 960. The van der Waals surface area contributed by atoms with Gasteiger partial charge in [0.25, 0.3) is 5.91 Å². The number of piperazine rings is 1. The topological polar surface area (TPSA) is 60.9 Å². The molecule has 6 heteroatoms. The van der Waals surface area contributed by atoms with Gasteiger partial charge in [0.05, 0.1) is 12.1 Å². The van der Waals surface area contributed by atoms with E-state index in [9.17, 15) is 14.4 Å². The number of hydrogen-bond acceptors (Lipinski definition) is 4. The van der Waals surface area contributed by atoms with Crippen LogP contribution < -0.4 is 0 Å². The van der Waals surface area contributed by atoms with Crippen LogP contribution in [0.15, 0.2) is 42.5 Å². The lowest BCUT2D eigenvalue weighted by atomic mass is 9.94. The molecule has 0 radical (unpaired) electrons. The molecule has 0 atom stereocenters. The van der Waals surface area contributed by atoms with Gasteiger partial charge in [0.2, 0.25) is 5.91 Å². The Morgan fingerprint density at radius 1 is 0.833 bits per heavy atom. The molecule has 0 spiro atoms. The Labute approximate surface area is 178 Å². The molecule has 0 aliphatic carbocycles. The molecule has 158 valence electrons. The van der Waals surface area contributed by atoms with Gasteiger partial charge in [0, 0.05) is 37.3 Å². The fraction of sp³-hybridized carbons (Fsp3) is 0.375. The molecule has 1 heterocycles. The molecule has 2 aromatic carbocycles. The lowest BCUT2D eigenvalue weighted by molar-refractivity contribution is -0.133. The van der Waals surface area contributed by atoms with Gasteiger partial charge < -0.3 is 14.7 Å². The first-order chi connectivity index (χ1) is 14.3. The molecule has 2 aromatic rings. The zero-order valence-electron chi connectivity index (χ0n) is 18.1. The van der Waals surface area contributed by atoms with Gasteiger partial charge in [-0.25, -0.2) is 0 Å². The third kappa shape index (κ3) is 4.76. The number of nitrogens with zero attached hydrogens (tertiary/aromatic N) is 3. The van der Waals surface area contributed by atoms with E-state index in [0.717, 1.165) is 11.1 Å². The Hall–Kier alpha value is -2.99. The maximum atomic E-state index is 13.2. The van der Waals surface area contributed by atoms with E-state index < -0.39 is 0 Å². The fourth-order valence-electron chi connectivity index (χ4n) is 3.69. The molecule has 6 nitrogen and oxygen atoms in total. The number of carbonyl (C=O) groups excluding carboxylic acids is 3. The number of likely N-dealkylation sites (N-methyl/N-ethyl adjacent to an activating group) is 1. The van der Waals surface area contributed by atoms with Crippen LogP contribution in [-0.4, -0.2) is 79.1 Å². The van der Waals surface area contributed by atoms with Crippen LogP contribution in [0.3, 0.4) is 0 Å². The van der Waals surface area contributed by atoms with Crippen molar-refractivity contribution >= 4 is 17.6 Å². The van der Waals surface area contributed by atoms with E-state index >= 15 is 0 Å². The number of amides is 2. The minimum absolute atomic E-state index is 0.0672. The SMILES string of the molecule is Cc1ccc(C)c(C(=O)c2ccccc2C(=O)N2CCN(C(=O)CN(C)C)CC2)c1. The smallest absolute Gasteiger partial charge is 0.254 e. The first-order valence-electron chi connectivity index (χ1n) is 10.2. The van der Waals surface area contributed by atoms with Gasteiger partial charge >= 0.3 is 0 Å². The van der Waals surface area contributed by atoms with E-state index in [4.69, 9.17) is 0 Å². The molecule has 3 rings (SSSR count). The van der Waals surface area contributed by atoms with Gasteiger partial charge in [0.1, 0.15) is 0 Å². The maximum absolute atomic E-state index is 13.2. The number of carbonyl (C=O) groups is 3. The van der Waals surface area contributed by atoms with Crippen molar-refractivity contribution in [2.24, 2.45) is 0 Å². The van der Waals surface area contributed by atoms with E-state index in [2.05, 4.69) is 0 Å². The van der Waals surface area contributed by atoms with Crippen LogP contribution in [0.4, 0.5) is 0 Å². The quantitative estimate of drug-likeness (QED) is 0.714. The summed E-state index contributed by atoms with van der Waals surface area (Å²) in [7, 11) is 3.73. The Balaban J connectivity index is 1.78. The van der Waals surface area contributed by atoms with Crippen molar-refractivity contribution in [2.45, 2.75) is 13.8 Å². The highest BCUT2D eigenvalue weighted by molar-refractivity contribution is 6.16. The van der Waals surface area contributed by atoms with E-state index in [1.165, 1.54) is 0 Å². The lowest BCUT2D eigenvalue weighted by Crippen LogP contribution is -2.52. The van der Waals surface area contributed by atoms with E-state index in [1.54, 1.807) is 34.1 Å². The first-order valence-corrected chi connectivity index (χ1v) is 10.2. The van der Waals surface area contributed by atoms with Crippen molar-refractivity contribution in [3.63, 3.8) is 0 Å². The molecule has 0 unspecified atom stereocenters. The van der Waals surface area contributed by atoms with Gasteiger partial charge in [-0.15, -0.1) is 0 Å². The summed E-state index contributed by atoms with van der Waals surface area (Å²) in [6, 6.07) is 12.8. The average molecular weight is 408 g/mol. The van der Waals surface area contributed by atoms with Crippen molar-refractivity contribution in [3.05, 3.63) is 70.3 Å². The third-order valence-corrected chi connectivity index (χ3v) is 5.41. The number of aryl methyl sites for hydroxylation is 2. The Kier molecular flexibility index (Phi) is 6.67. The Morgan fingerprint density at radius 3 is 2.07 bits per heavy atom. The minimum Gasteiger partial charge on any atom is -0.338 e. The molecule has 0 aromatic heterocycles. The number of rotatable bonds is 5. The predicted molar refractivity (Wildman–Crippen MR) is 117 cm³/mol. The zero-order valence-corrected chi connectivity index (χ0v) is 18.1. The van der Waals surface area contributed by atoms with Crippen LogP contribution in [0.5, 0.6) is 0 Å². The predicted octanol–water partition coefficient (Wildman–Crippen LogP) is 2.38. The molecule has 1 aliphatic rings. The van der Waals surface area contributed by atoms with Crippen molar-refractivity contribution in [3.8, 4) is 0 Å². The first kappa shape index (κ1) is 21.7. The zero-order chi connectivity index (χ0) is 21.8. The number of hydrogen-bond donors (Lipinski definition) is 0. The second-order valence-electron chi connectivity index (χ2n) is 8.10. The summed E-state index contributed by atoms with van der Waals surface area (Å²) in [5, 5.41) is 0. The Morgan fingerprint density at radius 2 is 1.43 bits per heavy atom. The van der Waals surface area contributed by atoms with Crippen LogP contribution in [0.2, 0.25) is 0 Å². The highest BCUT2D eigenvalue weighted by atomic mass is 16.2. The van der Waals surface area contributed by atoms with Crippen LogP contribution in [-0.2, 0) is 4.79 Å². The second kappa shape index (κ2) is 9.22. The summed E-state index contributed by atoms with van der Waals surface area (Å²) in [5.41, 5.74) is 3.35. The normalized spacial score (nSPS) is 14.2. The molecule has 30 heavy (non-hydrogen) atoms. The summed E-state index contributed by atoms with van der Waals surface area (Å²) >= 11 is 0. The number of ketones is 1. The molecule has 1 fully saturated rings. The van der Waals surface area contributed by atoms with Gasteiger partial charge in [-0.3, -0.25) is 14.4 Å². The van der Waals surface area contributed by atoms with Crippen molar-refractivity contribution < 1.29 is 14.4 Å². The van der Waals surface area contributed by atoms with E-state index in [0.29, 0.717) is 49.4 Å². The fourth-order valence-corrected chi connectivity index (χ4v) is 3.69. The van der Waals surface area contributed by atoms with Crippen molar-refractivity contribution in [1.82, 2.24) is 14.7 Å². The van der Waals surface area contributed by atoms with Gasteiger partial charge in [-0.2, -0.15) is 0 Å². The molecule has 0 N–H and O–H groups in total. The van der Waals surface area contributed by atoms with Crippen molar-refractivity contribution in [2.75, 3.05) is 46.8 Å². The monoisotopic (exact) mass is 407 g/mol. The van der Waals surface area contributed by atoms with E-state index in [1.807, 2.05) is 51.0 Å². The van der Waals surface area contributed by atoms with Crippen LogP contribution in [0.25, 0.3) is 0 Å². The largest absolute Gasteiger partial charge is 0.338 e. The lowest BCUT2D eigenvalue weighted by Gasteiger charge is -2.35. The molecule has 0 bridgehead atoms. The molecule has 2 amide bonds. The number of benzene rings is 2. The summed E-state index contributed by atoms with van der Waals surface area (Å²) in [5.74, 6) is -0.235. The molecular formula is C24H29N3O3. The highest BCUT2D eigenvalue weighted by Crippen LogP contribution is 2.20. The van der Waals surface area contributed by atoms with Crippen molar-refractivity contribution in [1.29, 1.82) is 0 Å². The summed E-state index contributed by atoms with van der Waals surface area (Å²) < 4.78 is 0. The summed E-state index contributed by atoms with van der Waals surface area (Å²) in [4.78, 5) is 44.1. The minimum atomic E-state index is -0.163. The van der Waals surface area contributed by atoms with Crippen LogP contribution in [0.1, 0.15) is 37.4 Å². The second-order valence-corrected chi connectivity index (χ2v) is 8.10. The molecule has 1 aliphatic heterocycles. The standard InChI is InChI=1S/C24H29N3O3/c1-17-9-10-18(2)21(15-17)23(29)19-7-5-6-8-20(19)24(30)27-13-11-26(12-14-27)22(28)16-25(3)4/h5-10,15H,11-14,16H2,1-4H3. The molecule has 0 saturated carbocycles. The van der Waals surface area contributed by atoms with Gasteiger partial charge in [0.15, 0.2) is 5.78 Å². The van der Waals surface area contributed by atoms with E-state index in [-0.39, 0.29) is 17.6 Å². The highest BCUT2D eigenvalue weighted by Gasteiger charge is 2.27. The van der Waals surface area contributed by atoms with Gasteiger partial charge in [-0.05, 0) is 45.6 Å². The third-order valence-electron chi connectivity index (χ3n) is 5.41. The molecule has 1 saturated heterocycles. The average Bonchev–Trinajstić information content (AvgIpc) is 2.74. The van der Waals surface area contributed by atoms with Crippen LogP contribution >= 0.6 is 0 Å².